The van der Waals surface area contributed by atoms with Crippen molar-refractivity contribution >= 4 is 21.5 Å². The van der Waals surface area contributed by atoms with Crippen molar-refractivity contribution in [2.45, 2.75) is 13.0 Å². The summed E-state index contributed by atoms with van der Waals surface area (Å²) in [5.74, 6) is 0.0314. The molecular formula is C21H27N3O3S. The minimum Gasteiger partial charge on any atom is -0.300 e. The highest BCUT2D eigenvalue weighted by atomic mass is 32.2. The summed E-state index contributed by atoms with van der Waals surface area (Å²) in [6.45, 7) is 5.59. The van der Waals surface area contributed by atoms with Crippen molar-refractivity contribution in [3.8, 4) is 0 Å². The Morgan fingerprint density at radius 1 is 0.964 bits per heavy atom. The number of benzene rings is 2. The van der Waals surface area contributed by atoms with Crippen molar-refractivity contribution in [2.24, 2.45) is 0 Å². The number of carbonyl (C=O) groups excluding carboxylic acids is 1. The number of nitrogens with one attached hydrogen (secondary N) is 1. The first kappa shape index (κ1) is 20.5. The number of sulfonamides is 1. The monoisotopic (exact) mass is 401 g/mol. The Hall–Kier alpha value is -2.22. The lowest BCUT2D eigenvalue weighted by molar-refractivity contribution is 0.0922. The Kier molecular flexibility index (Phi) is 6.83. The summed E-state index contributed by atoms with van der Waals surface area (Å²) in [7, 11) is -3.35. The molecule has 28 heavy (non-hydrogen) atoms. The molecule has 0 spiro atoms. The van der Waals surface area contributed by atoms with Gasteiger partial charge in [-0.25, -0.2) is 8.42 Å². The molecule has 1 N–H and O–H groups in total. The molecule has 1 fully saturated rings. The summed E-state index contributed by atoms with van der Waals surface area (Å²) in [6.07, 6.45) is 1.53. The smallest absolute Gasteiger partial charge is 0.229 e. The van der Waals surface area contributed by atoms with E-state index in [1.807, 2.05) is 6.07 Å². The van der Waals surface area contributed by atoms with Gasteiger partial charge >= 0.3 is 0 Å². The normalized spacial score (nSPS) is 16.0. The number of hydrogen-bond acceptors (Lipinski definition) is 5. The first-order valence-electron chi connectivity index (χ1n) is 9.49. The zero-order valence-electron chi connectivity index (χ0n) is 16.2. The van der Waals surface area contributed by atoms with E-state index in [2.05, 4.69) is 38.8 Å². The van der Waals surface area contributed by atoms with E-state index in [1.165, 1.54) is 5.56 Å². The lowest BCUT2D eigenvalue weighted by Gasteiger charge is -2.34. The van der Waals surface area contributed by atoms with Crippen LogP contribution in [0.5, 0.6) is 0 Å². The van der Waals surface area contributed by atoms with Crippen molar-refractivity contribution in [1.82, 2.24) is 9.80 Å². The highest BCUT2D eigenvalue weighted by Crippen LogP contribution is 2.14. The van der Waals surface area contributed by atoms with Crippen LogP contribution in [0.15, 0.2) is 54.6 Å². The second-order valence-corrected chi connectivity index (χ2v) is 8.98. The molecule has 150 valence electrons. The second kappa shape index (κ2) is 9.32. The van der Waals surface area contributed by atoms with Gasteiger partial charge in [0, 0.05) is 56.9 Å². The van der Waals surface area contributed by atoms with Crippen LogP contribution in [0.3, 0.4) is 0 Å². The van der Waals surface area contributed by atoms with Gasteiger partial charge in [0.2, 0.25) is 10.0 Å². The number of piperazine rings is 1. The van der Waals surface area contributed by atoms with Crippen LogP contribution in [-0.4, -0.2) is 63.0 Å². The predicted molar refractivity (Wildman–Crippen MR) is 112 cm³/mol. The molecule has 0 bridgehead atoms. The minimum absolute atomic E-state index is 0.0314. The van der Waals surface area contributed by atoms with Gasteiger partial charge in [-0.15, -0.1) is 0 Å². The van der Waals surface area contributed by atoms with Gasteiger partial charge in [-0.2, -0.15) is 0 Å². The maximum Gasteiger partial charge on any atom is 0.229 e. The van der Waals surface area contributed by atoms with Crippen molar-refractivity contribution in [1.29, 1.82) is 0 Å². The molecule has 0 aliphatic carbocycles. The van der Waals surface area contributed by atoms with E-state index in [9.17, 15) is 13.2 Å². The van der Waals surface area contributed by atoms with Crippen LogP contribution in [0.4, 0.5) is 5.69 Å². The average molecular weight is 402 g/mol. The van der Waals surface area contributed by atoms with E-state index >= 15 is 0 Å². The largest absolute Gasteiger partial charge is 0.300 e. The Morgan fingerprint density at radius 2 is 1.64 bits per heavy atom. The number of carbonyl (C=O) groups is 1. The van der Waals surface area contributed by atoms with Crippen LogP contribution in [0.1, 0.15) is 22.3 Å². The van der Waals surface area contributed by atoms with Gasteiger partial charge in [-0.3, -0.25) is 14.4 Å². The van der Waals surface area contributed by atoms with Crippen LogP contribution >= 0.6 is 0 Å². The van der Waals surface area contributed by atoms with Gasteiger partial charge in [0.05, 0.1) is 6.26 Å². The first-order valence-corrected chi connectivity index (χ1v) is 11.4. The van der Waals surface area contributed by atoms with Gasteiger partial charge in [0.15, 0.2) is 5.78 Å². The lowest BCUT2D eigenvalue weighted by atomic mass is 10.1. The molecule has 0 saturated carbocycles. The molecule has 2 aromatic carbocycles. The first-order chi connectivity index (χ1) is 13.4. The third kappa shape index (κ3) is 6.44. The number of rotatable bonds is 8. The highest BCUT2D eigenvalue weighted by molar-refractivity contribution is 7.92. The van der Waals surface area contributed by atoms with Gasteiger partial charge in [0.1, 0.15) is 0 Å². The molecule has 1 aliphatic heterocycles. The maximum atomic E-state index is 12.5. The SMILES string of the molecule is CS(=O)(=O)Nc1cccc(C(=O)CCN2CCN(Cc3ccccc3)CC2)c1. The van der Waals surface area contributed by atoms with Crippen molar-refractivity contribution in [2.75, 3.05) is 43.7 Å². The maximum absolute atomic E-state index is 12.5. The fourth-order valence-electron chi connectivity index (χ4n) is 3.39. The summed E-state index contributed by atoms with van der Waals surface area (Å²) in [4.78, 5) is 17.3. The Bertz CT molecular complexity index is 892. The number of anilines is 1. The summed E-state index contributed by atoms with van der Waals surface area (Å²) < 4.78 is 25.1. The van der Waals surface area contributed by atoms with Crippen LogP contribution in [0, 0.1) is 0 Å². The van der Waals surface area contributed by atoms with Crippen molar-refractivity contribution in [3.63, 3.8) is 0 Å². The lowest BCUT2D eigenvalue weighted by Crippen LogP contribution is -2.46. The molecule has 6 nitrogen and oxygen atoms in total. The number of hydrogen-bond donors (Lipinski definition) is 1. The Morgan fingerprint density at radius 3 is 2.32 bits per heavy atom. The van der Waals surface area contributed by atoms with Crippen LogP contribution in [0.25, 0.3) is 0 Å². The molecule has 1 heterocycles. The fraction of sp³-hybridized carbons (Fsp3) is 0.381. The molecule has 1 aliphatic rings. The zero-order chi connectivity index (χ0) is 20.0. The summed E-state index contributed by atoms with van der Waals surface area (Å²) in [5.41, 5.74) is 2.29. The van der Waals surface area contributed by atoms with E-state index in [4.69, 9.17) is 0 Å². The van der Waals surface area contributed by atoms with Crippen LogP contribution < -0.4 is 4.72 Å². The number of nitrogens with zero attached hydrogens (tertiary/aromatic N) is 2. The van der Waals surface area contributed by atoms with E-state index in [-0.39, 0.29) is 5.78 Å². The molecule has 2 aromatic rings. The van der Waals surface area contributed by atoms with Gasteiger partial charge < -0.3 is 4.90 Å². The number of ketones is 1. The van der Waals surface area contributed by atoms with Crippen LogP contribution in [0.2, 0.25) is 0 Å². The molecule has 7 heteroatoms. The topological polar surface area (TPSA) is 69.7 Å². The molecule has 0 amide bonds. The van der Waals surface area contributed by atoms with Gasteiger partial charge in [-0.05, 0) is 17.7 Å². The van der Waals surface area contributed by atoms with Crippen molar-refractivity contribution in [3.05, 3.63) is 65.7 Å². The molecule has 0 atom stereocenters. The van der Waals surface area contributed by atoms with E-state index in [0.29, 0.717) is 17.7 Å². The van der Waals surface area contributed by atoms with E-state index < -0.39 is 10.0 Å². The molecule has 1 saturated heterocycles. The summed E-state index contributed by atoms with van der Waals surface area (Å²) in [5, 5.41) is 0. The zero-order valence-corrected chi connectivity index (χ0v) is 17.0. The summed E-state index contributed by atoms with van der Waals surface area (Å²) in [6, 6.07) is 17.1. The molecule has 0 aromatic heterocycles. The Balaban J connectivity index is 1.45. The molecular weight excluding hydrogens is 374 g/mol. The van der Waals surface area contributed by atoms with Crippen LogP contribution in [-0.2, 0) is 16.6 Å². The summed E-state index contributed by atoms with van der Waals surface area (Å²) >= 11 is 0. The second-order valence-electron chi connectivity index (χ2n) is 7.23. The van der Waals surface area contributed by atoms with Gasteiger partial charge in [0.25, 0.3) is 0 Å². The fourth-order valence-corrected chi connectivity index (χ4v) is 3.94. The minimum atomic E-state index is -3.35. The standard InChI is InChI=1S/C21H27N3O3S/c1-28(26,27)22-20-9-5-8-19(16-20)21(25)10-11-23-12-14-24(15-13-23)17-18-6-3-2-4-7-18/h2-9,16,22H,10-15,17H2,1H3. The predicted octanol–water partition coefficient (Wildman–Crippen LogP) is 2.45. The molecule has 0 radical (unpaired) electrons. The number of Topliss-reactive ketones (excluding diaryl/α,β-unsaturated/α-hetero) is 1. The van der Waals surface area contributed by atoms with E-state index in [0.717, 1.165) is 45.5 Å². The van der Waals surface area contributed by atoms with E-state index in [1.54, 1.807) is 24.3 Å². The van der Waals surface area contributed by atoms with Gasteiger partial charge in [-0.1, -0.05) is 42.5 Å². The molecule has 3 rings (SSSR count). The van der Waals surface area contributed by atoms with Crippen molar-refractivity contribution < 1.29 is 13.2 Å². The third-order valence-corrected chi connectivity index (χ3v) is 5.46. The highest BCUT2D eigenvalue weighted by Gasteiger charge is 2.18. The Labute approximate surface area is 167 Å². The molecule has 0 unspecified atom stereocenters. The third-order valence-electron chi connectivity index (χ3n) is 4.86. The average Bonchev–Trinajstić information content (AvgIpc) is 2.67. The quantitative estimate of drug-likeness (QED) is 0.688.